The lowest BCUT2D eigenvalue weighted by Gasteiger charge is -2.06. The molecule has 1 rings (SSSR count). The number of aromatic nitrogens is 1. The fourth-order valence-corrected chi connectivity index (χ4v) is 1.55. The molecular weight excluding hydrogens is 172 g/mol. The molecule has 2 heteroatoms. The third kappa shape index (κ3) is 4.95. The second-order valence-corrected chi connectivity index (χ2v) is 3.77. The molecule has 0 atom stereocenters. The minimum absolute atomic E-state index is 1.08. The van der Waals surface area contributed by atoms with Crippen LogP contribution < -0.4 is 5.43 Å². The molecule has 1 aromatic rings. The van der Waals surface area contributed by atoms with Gasteiger partial charge in [0.1, 0.15) is 0 Å². The van der Waals surface area contributed by atoms with Gasteiger partial charge in [-0.1, -0.05) is 39.0 Å². The van der Waals surface area contributed by atoms with Crippen LogP contribution in [0.3, 0.4) is 0 Å². The minimum atomic E-state index is 1.08. The Labute approximate surface area is 87.3 Å². The summed E-state index contributed by atoms with van der Waals surface area (Å²) in [6.07, 6.45) is 12.2. The molecule has 0 aliphatic rings. The Hall–Kier alpha value is -0.920. The molecule has 0 radical (unpaired) electrons. The number of hydrogen-bond acceptors (Lipinski definition) is 1. The number of nitrogens with one attached hydrogen (secondary N) is 1. The first kappa shape index (κ1) is 11.2. The van der Waals surface area contributed by atoms with Crippen molar-refractivity contribution < 1.29 is 0 Å². The van der Waals surface area contributed by atoms with Crippen molar-refractivity contribution in [1.29, 1.82) is 0 Å². The highest BCUT2D eigenvalue weighted by molar-refractivity contribution is 4.92. The lowest BCUT2D eigenvalue weighted by Crippen LogP contribution is -2.13. The topological polar surface area (TPSA) is 17.0 Å². The summed E-state index contributed by atoms with van der Waals surface area (Å²) in [6.45, 7) is 3.34. The van der Waals surface area contributed by atoms with E-state index in [1.165, 1.54) is 38.5 Å². The van der Waals surface area contributed by atoms with E-state index in [-0.39, 0.29) is 0 Å². The van der Waals surface area contributed by atoms with Gasteiger partial charge in [0, 0.05) is 18.9 Å². The molecule has 1 N–H and O–H groups in total. The lowest BCUT2D eigenvalue weighted by atomic mass is 10.1. The molecule has 0 bridgehead atoms. The molecule has 0 aromatic carbocycles. The number of nitrogens with zero attached hydrogens (tertiary/aromatic N) is 1. The van der Waals surface area contributed by atoms with E-state index in [0.29, 0.717) is 0 Å². The van der Waals surface area contributed by atoms with Gasteiger partial charge in [0.25, 0.3) is 0 Å². The highest BCUT2D eigenvalue weighted by Crippen LogP contribution is 2.04. The average Bonchev–Trinajstić information content (AvgIpc) is 2.69. The van der Waals surface area contributed by atoms with E-state index in [0.717, 1.165) is 6.54 Å². The van der Waals surface area contributed by atoms with E-state index >= 15 is 0 Å². The molecule has 0 saturated heterocycles. The third-order valence-corrected chi connectivity index (χ3v) is 2.43. The van der Waals surface area contributed by atoms with Crippen molar-refractivity contribution in [3.8, 4) is 0 Å². The fraction of sp³-hybridized carbons (Fsp3) is 0.667. The van der Waals surface area contributed by atoms with E-state index < -0.39 is 0 Å². The largest absolute Gasteiger partial charge is 0.326 e. The van der Waals surface area contributed by atoms with Gasteiger partial charge in [-0.2, -0.15) is 0 Å². The fourth-order valence-electron chi connectivity index (χ4n) is 1.55. The van der Waals surface area contributed by atoms with Crippen molar-refractivity contribution in [2.24, 2.45) is 0 Å². The second kappa shape index (κ2) is 7.48. The average molecular weight is 194 g/mol. The summed E-state index contributed by atoms with van der Waals surface area (Å²) in [5.74, 6) is 0. The predicted octanol–water partition coefficient (Wildman–Crippen LogP) is 3.39. The first-order valence-electron chi connectivity index (χ1n) is 5.80. The molecule has 1 aromatic heterocycles. The predicted molar refractivity (Wildman–Crippen MR) is 62.0 cm³/mol. The third-order valence-electron chi connectivity index (χ3n) is 2.43. The van der Waals surface area contributed by atoms with Crippen molar-refractivity contribution in [1.82, 2.24) is 4.68 Å². The Kier molecular flexibility index (Phi) is 5.96. The number of unbranched alkanes of at least 4 members (excludes halogenated alkanes) is 5. The van der Waals surface area contributed by atoms with Crippen molar-refractivity contribution in [2.45, 2.75) is 45.4 Å². The Morgan fingerprint density at radius 1 is 0.929 bits per heavy atom. The minimum Gasteiger partial charge on any atom is -0.326 e. The van der Waals surface area contributed by atoms with E-state index in [1.54, 1.807) is 0 Å². The van der Waals surface area contributed by atoms with Gasteiger partial charge in [-0.3, -0.25) is 4.68 Å². The highest BCUT2D eigenvalue weighted by atomic mass is 15.4. The van der Waals surface area contributed by atoms with Crippen molar-refractivity contribution in [3.63, 3.8) is 0 Å². The molecule has 1 heterocycles. The first-order valence-corrected chi connectivity index (χ1v) is 5.80. The van der Waals surface area contributed by atoms with Gasteiger partial charge in [0.2, 0.25) is 0 Å². The van der Waals surface area contributed by atoms with E-state index in [9.17, 15) is 0 Å². The number of hydrogen-bond donors (Lipinski definition) is 1. The van der Waals surface area contributed by atoms with Crippen LogP contribution in [0.5, 0.6) is 0 Å². The van der Waals surface area contributed by atoms with Crippen LogP contribution in [0.25, 0.3) is 0 Å². The number of rotatable bonds is 8. The molecule has 0 unspecified atom stereocenters. The second-order valence-electron chi connectivity index (χ2n) is 3.77. The Bertz CT molecular complexity index is 204. The zero-order chi connectivity index (χ0) is 10.1. The molecule has 0 aliphatic carbocycles. The van der Waals surface area contributed by atoms with Gasteiger partial charge in [-0.15, -0.1) is 0 Å². The molecule has 0 saturated carbocycles. The van der Waals surface area contributed by atoms with Gasteiger partial charge >= 0.3 is 0 Å². The maximum Gasteiger partial charge on any atom is 0.0313 e. The van der Waals surface area contributed by atoms with Gasteiger partial charge < -0.3 is 5.43 Å². The molecule has 14 heavy (non-hydrogen) atoms. The van der Waals surface area contributed by atoms with Crippen molar-refractivity contribution >= 4 is 0 Å². The summed E-state index contributed by atoms with van der Waals surface area (Å²) in [6, 6.07) is 4.07. The molecule has 2 nitrogen and oxygen atoms in total. The molecule has 0 fully saturated rings. The normalized spacial score (nSPS) is 10.4. The van der Waals surface area contributed by atoms with Gasteiger partial charge in [0.15, 0.2) is 0 Å². The van der Waals surface area contributed by atoms with E-state index in [1.807, 2.05) is 29.2 Å². The summed E-state index contributed by atoms with van der Waals surface area (Å²) in [5.41, 5.74) is 3.33. The molecule has 80 valence electrons. The zero-order valence-corrected chi connectivity index (χ0v) is 9.21. The Morgan fingerprint density at radius 3 is 2.29 bits per heavy atom. The van der Waals surface area contributed by atoms with Crippen LogP contribution in [-0.4, -0.2) is 11.2 Å². The van der Waals surface area contributed by atoms with Crippen LogP contribution in [0.2, 0.25) is 0 Å². The van der Waals surface area contributed by atoms with Crippen LogP contribution in [0, 0.1) is 0 Å². The van der Waals surface area contributed by atoms with Gasteiger partial charge in [-0.05, 0) is 18.6 Å². The summed E-state index contributed by atoms with van der Waals surface area (Å²) in [7, 11) is 0. The lowest BCUT2D eigenvalue weighted by molar-refractivity contribution is 0.608. The van der Waals surface area contributed by atoms with Crippen LogP contribution in [0.4, 0.5) is 0 Å². The van der Waals surface area contributed by atoms with Crippen LogP contribution in [0.15, 0.2) is 24.5 Å². The maximum absolute atomic E-state index is 3.33. The Morgan fingerprint density at radius 2 is 1.57 bits per heavy atom. The molecule has 0 amide bonds. The SMILES string of the molecule is CCCCCCCCNn1cccc1. The van der Waals surface area contributed by atoms with Crippen LogP contribution in [0.1, 0.15) is 45.4 Å². The summed E-state index contributed by atoms with van der Waals surface area (Å²) < 4.78 is 2.02. The molecule has 0 aliphatic heterocycles. The van der Waals surface area contributed by atoms with Crippen LogP contribution >= 0.6 is 0 Å². The Balaban J connectivity index is 1.85. The zero-order valence-electron chi connectivity index (χ0n) is 9.21. The van der Waals surface area contributed by atoms with Gasteiger partial charge in [0.05, 0.1) is 0 Å². The quantitative estimate of drug-likeness (QED) is 0.628. The van der Waals surface area contributed by atoms with Crippen molar-refractivity contribution in [2.75, 3.05) is 12.0 Å². The summed E-state index contributed by atoms with van der Waals surface area (Å²) in [5, 5.41) is 0. The van der Waals surface area contributed by atoms with Crippen molar-refractivity contribution in [3.05, 3.63) is 24.5 Å². The summed E-state index contributed by atoms with van der Waals surface area (Å²) in [4.78, 5) is 0. The van der Waals surface area contributed by atoms with Crippen LogP contribution in [-0.2, 0) is 0 Å². The first-order chi connectivity index (χ1) is 6.93. The molecular formula is C12H22N2. The molecule has 0 spiro atoms. The van der Waals surface area contributed by atoms with E-state index in [4.69, 9.17) is 0 Å². The highest BCUT2D eigenvalue weighted by Gasteiger charge is 1.90. The monoisotopic (exact) mass is 194 g/mol. The smallest absolute Gasteiger partial charge is 0.0313 e. The van der Waals surface area contributed by atoms with Gasteiger partial charge in [-0.25, -0.2) is 0 Å². The standard InChI is InChI=1S/C12H22N2/c1-2-3-4-5-6-7-10-13-14-11-8-9-12-14/h8-9,11-13H,2-7,10H2,1H3. The maximum atomic E-state index is 3.33. The van der Waals surface area contributed by atoms with E-state index in [2.05, 4.69) is 12.3 Å². The summed E-state index contributed by atoms with van der Waals surface area (Å²) >= 11 is 0.